The van der Waals surface area contributed by atoms with Gasteiger partial charge in [0.2, 0.25) is 0 Å². The second-order valence-corrected chi connectivity index (χ2v) is 2.94. The number of morpholine rings is 1. The molecule has 0 radical (unpaired) electrons. The summed E-state index contributed by atoms with van der Waals surface area (Å²) in [5.41, 5.74) is 0. The van der Waals surface area contributed by atoms with Gasteiger partial charge in [-0.2, -0.15) is 0 Å². The molecule has 2 bridgehead atoms. The van der Waals surface area contributed by atoms with Gasteiger partial charge in [0.1, 0.15) is 5.92 Å². The van der Waals surface area contributed by atoms with Gasteiger partial charge in [-0.05, 0) is 0 Å². The van der Waals surface area contributed by atoms with E-state index in [4.69, 9.17) is 4.74 Å². The molecule has 11 heavy (non-hydrogen) atoms. The zero-order valence-corrected chi connectivity index (χ0v) is 6.37. The van der Waals surface area contributed by atoms with Crippen molar-refractivity contribution in [2.45, 2.75) is 12.1 Å². The Morgan fingerprint density at radius 2 is 2.55 bits per heavy atom. The van der Waals surface area contributed by atoms with E-state index in [0.29, 0.717) is 6.61 Å². The summed E-state index contributed by atoms with van der Waals surface area (Å²) in [4.78, 5) is 11.1. The third-order valence-electron chi connectivity index (χ3n) is 2.38. The fraction of sp³-hybridized carbons (Fsp3) is 0.857. The van der Waals surface area contributed by atoms with Crippen LogP contribution in [-0.2, 0) is 14.3 Å². The van der Waals surface area contributed by atoms with Crippen LogP contribution in [0.2, 0.25) is 0 Å². The molecule has 0 aromatic heterocycles. The van der Waals surface area contributed by atoms with Crippen molar-refractivity contribution >= 4 is 5.97 Å². The first kappa shape index (κ1) is 7.06. The Labute approximate surface area is 64.9 Å². The van der Waals surface area contributed by atoms with E-state index in [2.05, 4.69) is 10.1 Å². The van der Waals surface area contributed by atoms with Crippen LogP contribution < -0.4 is 5.32 Å². The highest BCUT2D eigenvalue weighted by Gasteiger charge is 2.47. The van der Waals surface area contributed by atoms with Crippen LogP contribution in [0.25, 0.3) is 0 Å². The van der Waals surface area contributed by atoms with Crippen molar-refractivity contribution in [3.8, 4) is 0 Å². The van der Waals surface area contributed by atoms with Crippen LogP contribution in [0.5, 0.6) is 0 Å². The quantitative estimate of drug-likeness (QED) is 0.503. The van der Waals surface area contributed by atoms with Crippen LogP contribution in [0, 0.1) is 5.92 Å². The minimum absolute atomic E-state index is 0.0486. The van der Waals surface area contributed by atoms with Gasteiger partial charge in [-0.15, -0.1) is 0 Å². The first-order valence-electron chi connectivity index (χ1n) is 3.75. The number of fused-ring (bicyclic) bond motifs is 2. The van der Waals surface area contributed by atoms with E-state index in [1.165, 1.54) is 7.11 Å². The van der Waals surface area contributed by atoms with E-state index >= 15 is 0 Å². The maximum absolute atomic E-state index is 11.1. The van der Waals surface area contributed by atoms with E-state index in [-0.39, 0.29) is 24.0 Å². The number of methoxy groups -OCH3 is 1. The maximum atomic E-state index is 11.1. The monoisotopic (exact) mass is 157 g/mol. The van der Waals surface area contributed by atoms with E-state index < -0.39 is 0 Å². The summed E-state index contributed by atoms with van der Waals surface area (Å²) in [6.45, 7) is 1.43. The van der Waals surface area contributed by atoms with Crippen molar-refractivity contribution in [2.75, 3.05) is 20.3 Å². The highest BCUT2D eigenvalue weighted by molar-refractivity contribution is 5.74. The molecule has 0 aromatic carbocycles. The summed E-state index contributed by atoms with van der Waals surface area (Å²) >= 11 is 0. The molecular formula is C7H11NO3. The minimum Gasteiger partial charge on any atom is -0.469 e. The Balaban J connectivity index is 2.09. The standard InChI is InChI=1S/C7H11NO3/c1-10-7(9)6-4-3-11-5(6)2-8-4/h4-6,8H,2-3H2,1H3/t4-,5-,6?/m0/s1. The van der Waals surface area contributed by atoms with Crippen molar-refractivity contribution in [3.05, 3.63) is 0 Å². The summed E-state index contributed by atoms with van der Waals surface area (Å²) in [6, 6.07) is 0.187. The molecule has 2 aliphatic heterocycles. The Morgan fingerprint density at radius 1 is 1.73 bits per heavy atom. The van der Waals surface area contributed by atoms with Gasteiger partial charge in [-0.25, -0.2) is 0 Å². The predicted molar refractivity (Wildman–Crippen MR) is 37.0 cm³/mol. The van der Waals surface area contributed by atoms with E-state index in [1.807, 2.05) is 0 Å². The average molecular weight is 157 g/mol. The summed E-state index contributed by atoms with van der Waals surface area (Å²) in [5, 5.41) is 3.20. The summed E-state index contributed by atoms with van der Waals surface area (Å²) in [6.07, 6.45) is 0.0486. The van der Waals surface area contributed by atoms with Crippen LogP contribution in [0.15, 0.2) is 0 Å². The molecule has 2 rings (SSSR count). The Bertz CT molecular complexity index is 163. The lowest BCUT2D eigenvalue weighted by molar-refractivity contribution is -0.146. The molecule has 2 saturated heterocycles. The Kier molecular flexibility index (Phi) is 1.58. The normalized spacial score (nSPS) is 41.0. The lowest BCUT2D eigenvalue weighted by Crippen LogP contribution is -2.33. The van der Waals surface area contributed by atoms with Crippen molar-refractivity contribution < 1.29 is 14.3 Å². The smallest absolute Gasteiger partial charge is 0.313 e. The molecule has 3 atom stereocenters. The number of ether oxygens (including phenoxy) is 2. The van der Waals surface area contributed by atoms with Gasteiger partial charge in [0.15, 0.2) is 0 Å². The number of hydrogen-bond donors (Lipinski definition) is 1. The molecule has 4 nitrogen and oxygen atoms in total. The molecule has 2 fully saturated rings. The number of hydrogen-bond acceptors (Lipinski definition) is 4. The van der Waals surface area contributed by atoms with Crippen LogP contribution in [0.1, 0.15) is 0 Å². The van der Waals surface area contributed by atoms with Gasteiger partial charge in [0.05, 0.1) is 19.8 Å². The average Bonchev–Trinajstić information content (AvgIpc) is 2.61. The molecule has 0 saturated carbocycles. The fourth-order valence-corrected chi connectivity index (χ4v) is 1.79. The first-order valence-corrected chi connectivity index (χ1v) is 3.75. The second kappa shape index (κ2) is 2.46. The van der Waals surface area contributed by atoms with Gasteiger partial charge < -0.3 is 14.8 Å². The lowest BCUT2D eigenvalue weighted by atomic mass is 10.0. The zero-order chi connectivity index (χ0) is 7.84. The van der Waals surface area contributed by atoms with Gasteiger partial charge in [0.25, 0.3) is 0 Å². The number of rotatable bonds is 1. The third kappa shape index (κ3) is 0.937. The summed E-state index contributed by atoms with van der Waals surface area (Å²) in [5.74, 6) is -0.220. The molecule has 1 N–H and O–H groups in total. The van der Waals surface area contributed by atoms with Gasteiger partial charge in [0, 0.05) is 12.6 Å². The Hall–Kier alpha value is -0.610. The molecule has 62 valence electrons. The predicted octanol–water partition coefficient (Wildman–Crippen LogP) is -0.854. The van der Waals surface area contributed by atoms with Crippen LogP contribution in [0.4, 0.5) is 0 Å². The molecule has 2 heterocycles. The molecule has 0 aromatic rings. The molecular weight excluding hydrogens is 146 g/mol. The molecule has 2 aliphatic rings. The summed E-state index contributed by atoms with van der Waals surface area (Å²) < 4.78 is 9.98. The summed E-state index contributed by atoms with van der Waals surface area (Å²) in [7, 11) is 1.42. The van der Waals surface area contributed by atoms with Crippen molar-refractivity contribution in [1.29, 1.82) is 0 Å². The number of esters is 1. The number of carbonyl (C=O) groups is 1. The zero-order valence-electron chi connectivity index (χ0n) is 6.37. The van der Waals surface area contributed by atoms with Gasteiger partial charge in [-0.1, -0.05) is 0 Å². The molecule has 4 heteroatoms. The first-order chi connectivity index (χ1) is 5.33. The maximum Gasteiger partial charge on any atom is 0.313 e. The van der Waals surface area contributed by atoms with E-state index in [9.17, 15) is 4.79 Å². The second-order valence-electron chi connectivity index (χ2n) is 2.94. The third-order valence-corrected chi connectivity index (χ3v) is 2.38. The van der Waals surface area contributed by atoms with Gasteiger partial charge in [-0.3, -0.25) is 4.79 Å². The molecule has 1 unspecified atom stereocenters. The van der Waals surface area contributed by atoms with E-state index in [0.717, 1.165) is 6.54 Å². The van der Waals surface area contributed by atoms with Crippen LogP contribution in [0.3, 0.4) is 0 Å². The van der Waals surface area contributed by atoms with Crippen LogP contribution in [-0.4, -0.2) is 38.4 Å². The minimum atomic E-state index is -0.150. The van der Waals surface area contributed by atoms with Crippen LogP contribution >= 0.6 is 0 Å². The number of carbonyl (C=O) groups excluding carboxylic acids is 1. The van der Waals surface area contributed by atoms with Crippen molar-refractivity contribution in [2.24, 2.45) is 5.92 Å². The topological polar surface area (TPSA) is 47.6 Å². The lowest BCUT2D eigenvalue weighted by Gasteiger charge is -2.09. The Morgan fingerprint density at radius 3 is 2.91 bits per heavy atom. The van der Waals surface area contributed by atoms with Gasteiger partial charge >= 0.3 is 5.97 Å². The highest BCUT2D eigenvalue weighted by atomic mass is 16.5. The molecule has 0 spiro atoms. The largest absolute Gasteiger partial charge is 0.469 e. The van der Waals surface area contributed by atoms with Crippen molar-refractivity contribution in [1.82, 2.24) is 5.32 Å². The highest BCUT2D eigenvalue weighted by Crippen LogP contribution is 2.27. The number of nitrogens with one attached hydrogen (secondary N) is 1. The SMILES string of the molecule is COC(=O)C1[C@@H]2CO[C@H]1CN2. The molecule has 0 amide bonds. The van der Waals surface area contributed by atoms with Crippen molar-refractivity contribution in [3.63, 3.8) is 0 Å². The fourth-order valence-electron chi connectivity index (χ4n) is 1.79. The van der Waals surface area contributed by atoms with E-state index in [1.54, 1.807) is 0 Å². The molecule has 0 aliphatic carbocycles.